The van der Waals surface area contributed by atoms with Crippen LogP contribution in [-0.2, 0) is 16.0 Å². The minimum absolute atomic E-state index is 0.274. The monoisotopic (exact) mass is 313 g/mol. The molecule has 5 nitrogen and oxygen atoms in total. The van der Waals surface area contributed by atoms with E-state index < -0.39 is 24.4 Å². The van der Waals surface area contributed by atoms with Crippen molar-refractivity contribution in [2.24, 2.45) is 0 Å². The highest BCUT2D eigenvalue weighted by molar-refractivity contribution is 8.23. The predicted octanol–water partition coefficient (Wildman–Crippen LogP) is 1.76. The lowest BCUT2D eigenvalue weighted by atomic mass is 10.2. The van der Waals surface area contributed by atoms with Crippen molar-refractivity contribution >= 4 is 40.1 Å². The third kappa shape index (κ3) is 6.65. The van der Waals surface area contributed by atoms with Crippen LogP contribution < -0.4 is 5.32 Å². The van der Waals surface area contributed by atoms with Gasteiger partial charge in [-0.2, -0.15) is 0 Å². The molecular formula is C13H15NO4S2. The molecule has 0 spiro atoms. The third-order valence-corrected chi connectivity index (χ3v) is 3.71. The van der Waals surface area contributed by atoms with Crippen molar-refractivity contribution in [1.82, 2.24) is 5.32 Å². The summed E-state index contributed by atoms with van der Waals surface area (Å²) in [7, 11) is 0. The quantitative estimate of drug-likeness (QED) is 0.498. The minimum Gasteiger partial charge on any atom is -0.481 e. The zero-order valence-electron chi connectivity index (χ0n) is 10.6. The van der Waals surface area contributed by atoms with Gasteiger partial charge in [0.15, 0.2) is 0 Å². The molecule has 0 heterocycles. The molecular weight excluding hydrogens is 298 g/mol. The summed E-state index contributed by atoms with van der Waals surface area (Å²) in [5.74, 6) is -2.06. The fourth-order valence-electron chi connectivity index (χ4n) is 1.46. The van der Waals surface area contributed by atoms with Crippen LogP contribution >= 0.6 is 24.0 Å². The minimum atomic E-state index is -1.18. The molecule has 0 aliphatic carbocycles. The number of thiocarbonyl (C=S) groups is 1. The van der Waals surface area contributed by atoms with E-state index in [4.69, 9.17) is 22.4 Å². The topological polar surface area (TPSA) is 86.6 Å². The molecule has 20 heavy (non-hydrogen) atoms. The summed E-state index contributed by atoms with van der Waals surface area (Å²) in [6, 6.07) is 8.60. The molecule has 0 fully saturated rings. The first-order chi connectivity index (χ1) is 9.49. The summed E-state index contributed by atoms with van der Waals surface area (Å²) in [5, 5.41) is 20.1. The van der Waals surface area contributed by atoms with E-state index in [9.17, 15) is 9.59 Å². The van der Waals surface area contributed by atoms with Gasteiger partial charge in [-0.05, 0) is 5.56 Å². The lowest BCUT2D eigenvalue weighted by molar-refractivity contribution is -0.145. The Kier molecular flexibility index (Phi) is 7.21. The van der Waals surface area contributed by atoms with Crippen LogP contribution in [0.1, 0.15) is 12.0 Å². The number of nitrogens with one attached hydrogen (secondary N) is 1. The van der Waals surface area contributed by atoms with Crippen LogP contribution in [0.25, 0.3) is 0 Å². The molecule has 0 aliphatic heterocycles. The maximum absolute atomic E-state index is 10.8. The third-order valence-electron chi connectivity index (χ3n) is 2.43. The molecule has 0 bridgehead atoms. The van der Waals surface area contributed by atoms with Gasteiger partial charge in [-0.3, -0.25) is 14.9 Å². The number of hydrogen-bond acceptors (Lipinski definition) is 5. The summed E-state index contributed by atoms with van der Waals surface area (Å²) in [4.78, 5) is 21.4. The van der Waals surface area contributed by atoms with E-state index >= 15 is 0 Å². The standard InChI is InChI=1S/C13H15NO4S2/c15-11(16)7-10(13(17)18)14-8-20-12(19)6-9-4-2-1-3-5-9/h1-5,10,14H,6-8H2,(H,15,16)(H,17,18). The van der Waals surface area contributed by atoms with E-state index in [1.165, 1.54) is 11.8 Å². The van der Waals surface area contributed by atoms with Crippen LogP contribution in [0, 0.1) is 0 Å². The van der Waals surface area contributed by atoms with E-state index in [2.05, 4.69) is 5.32 Å². The number of rotatable bonds is 8. The second-order valence-electron chi connectivity index (χ2n) is 4.02. The fourth-order valence-corrected chi connectivity index (χ4v) is 2.52. The lowest BCUT2D eigenvalue weighted by Gasteiger charge is -2.12. The van der Waals surface area contributed by atoms with Gasteiger partial charge in [0.1, 0.15) is 6.04 Å². The number of aliphatic carboxylic acids is 2. The van der Waals surface area contributed by atoms with Crippen molar-refractivity contribution in [3.8, 4) is 0 Å². The van der Waals surface area contributed by atoms with Crippen LogP contribution in [0.15, 0.2) is 30.3 Å². The number of hydrogen-bond donors (Lipinski definition) is 3. The number of thioether (sulfide) groups is 1. The first kappa shape index (κ1) is 16.6. The van der Waals surface area contributed by atoms with Crippen molar-refractivity contribution in [3.63, 3.8) is 0 Å². The van der Waals surface area contributed by atoms with Crippen molar-refractivity contribution in [3.05, 3.63) is 35.9 Å². The highest BCUT2D eigenvalue weighted by Crippen LogP contribution is 2.10. The number of benzene rings is 1. The molecule has 1 atom stereocenters. The first-order valence-electron chi connectivity index (χ1n) is 5.86. The highest BCUT2D eigenvalue weighted by atomic mass is 32.2. The van der Waals surface area contributed by atoms with Gasteiger partial charge < -0.3 is 10.2 Å². The summed E-state index contributed by atoms with van der Waals surface area (Å²) in [5.41, 5.74) is 1.09. The Morgan fingerprint density at radius 2 is 1.90 bits per heavy atom. The second kappa shape index (κ2) is 8.68. The normalized spacial score (nSPS) is 11.8. The summed E-state index contributed by atoms with van der Waals surface area (Å²) in [6.07, 6.45) is 0.167. The Bertz CT molecular complexity index is 479. The van der Waals surface area contributed by atoms with E-state index in [1.54, 1.807) is 0 Å². The smallest absolute Gasteiger partial charge is 0.321 e. The van der Waals surface area contributed by atoms with Crippen LogP contribution in [-0.4, -0.2) is 38.3 Å². The molecule has 1 rings (SSSR count). The zero-order chi connectivity index (χ0) is 15.0. The van der Waals surface area contributed by atoms with Crippen LogP contribution in [0.5, 0.6) is 0 Å². The Morgan fingerprint density at radius 1 is 1.25 bits per heavy atom. The summed E-state index contributed by atoms with van der Waals surface area (Å²) in [6.45, 7) is 0. The van der Waals surface area contributed by atoms with Crippen molar-refractivity contribution in [2.75, 3.05) is 5.88 Å². The van der Waals surface area contributed by atoms with E-state index in [0.717, 1.165) is 9.76 Å². The summed E-state index contributed by atoms with van der Waals surface area (Å²) >= 11 is 6.51. The Hall–Kier alpha value is -1.44. The molecule has 1 unspecified atom stereocenters. The molecule has 1 aromatic rings. The largest absolute Gasteiger partial charge is 0.481 e. The van der Waals surface area contributed by atoms with Crippen LogP contribution in [0.3, 0.4) is 0 Å². The van der Waals surface area contributed by atoms with Crippen LogP contribution in [0.2, 0.25) is 0 Å². The van der Waals surface area contributed by atoms with Crippen molar-refractivity contribution in [2.45, 2.75) is 18.9 Å². The zero-order valence-corrected chi connectivity index (χ0v) is 12.2. The molecule has 0 saturated carbocycles. The molecule has 0 aliphatic rings. The van der Waals surface area contributed by atoms with Crippen molar-refractivity contribution in [1.29, 1.82) is 0 Å². The first-order valence-corrected chi connectivity index (χ1v) is 7.26. The average Bonchev–Trinajstić information content (AvgIpc) is 2.38. The van der Waals surface area contributed by atoms with E-state index in [-0.39, 0.29) is 5.88 Å². The van der Waals surface area contributed by atoms with Gasteiger partial charge >= 0.3 is 11.9 Å². The molecule has 7 heteroatoms. The summed E-state index contributed by atoms with van der Waals surface area (Å²) < 4.78 is 0.725. The molecule has 0 aromatic heterocycles. The molecule has 0 saturated heterocycles. The van der Waals surface area contributed by atoms with Gasteiger partial charge in [0.25, 0.3) is 0 Å². The van der Waals surface area contributed by atoms with Gasteiger partial charge in [-0.15, -0.1) is 11.8 Å². The highest BCUT2D eigenvalue weighted by Gasteiger charge is 2.20. The van der Waals surface area contributed by atoms with Gasteiger partial charge in [0.2, 0.25) is 0 Å². The van der Waals surface area contributed by atoms with Gasteiger partial charge in [0.05, 0.1) is 10.6 Å². The Balaban J connectivity index is 2.33. The fraction of sp³-hybridized carbons (Fsp3) is 0.308. The molecule has 0 amide bonds. The Morgan fingerprint density at radius 3 is 2.45 bits per heavy atom. The molecule has 0 radical (unpaired) electrons. The van der Waals surface area contributed by atoms with E-state index in [1.807, 2.05) is 30.3 Å². The molecule has 1 aromatic carbocycles. The average molecular weight is 313 g/mol. The van der Waals surface area contributed by atoms with Gasteiger partial charge in [-0.25, -0.2) is 0 Å². The predicted molar refractivity (Wildman–Crippen MR) is 82.0 cm³/mol. The number of carboxylic acid groups (broad SMARTS) is 2. The number of carbonyl (C=O) groups is 2. The van der Waals surface area contributed by atoms with Crippen molar-refractivity contribution < 1.29 is 19.8 Å². The number of carboxylic acids is 2. The Labute approximate surface area is 126 Å². The second-order valence-corrected chi connectivity index (χ2v) is 5.84. The SMILES string of the molecule is O=C(O)CC(NCSC(=S)Cc1ccccc1)C(=O)O. The maximum atomic E-state index is 10.8. The molecule has 3 N–H and O–H groups in total. The lowest BCUT2D eigenvalue weighted by Crippen LogP contribution is -2.38. The van der Waals surface area contributed by atoms with Gasteiger partial charge in [0, 0.05) is 12.3 Å². The maximum Gasteiger partial charge on any atom is 0.321 e. The van der Waals surface area contributed by atoms with Crippen LogP contribution in [0.4, 0.5) is 0 Å². The van der Waals surface area contributed by atoms with E-state index in [0.29, 0.717) is 6.42 Å². The van der Waals surface area contributed by atoms with Gasteiger partial charge in [-0.1, -0.05) is 42.5 Å². The molecule has 108 valence electrons.